The fraction of sp³-hybridized carbons (Fsp3) is 0.250. The van der Waals surface area contributed by atoms with Gasteiger partial charge in [-0.1, -0.05) is 67.4 Å². The quantitative estimate of drug-likeness (QED) is 0.746. The Hall–Kier alpha value is -2.26. The Morgan fingerprint density at radius 2 is 1.79 bits per heavy atom. The topological polar surface area (TPSA) is 46.5 Å². The van der Waals surface area contributed by atoms with Gasteiger partial charge in [0.15, 0.2) is 6.10 Å². The molecule has 2 aromatic rings. The highest BCUT2D eigenvalue weighted by Crippen LogP contribution is 2.41. The van der Waals surface area contributed by atoms with Gasteiger partial charge in [0, 0.05) is 16.5 Å². The molecule has 0 bridgehead atoms. The molecule has 1 N–H and O–H groups in total. The van der Waals surface area contributed by atoms with Crippen LogP contribution >= 0.6 is 11.6 Å². The van der Waals surface area contributed by atoms with Crippen LogP contribution in [0, 0.1) is 0 Å². The van der Waals surface area contributed by atoms with Crippen LogP contribution in [0.3, 0.4) is 0 Å². The standard InChI is InChI=1S/C20H19ClO3/c1-2-6-16(13-9-11-15(21)12-10-13)17-18(22)19(24-20(17)23)14-7-4-3-5-8-14/h3-5,7-12,16,19,22H,2,6H2,1H3. The van der Waals surface area contributed by atoms with Crippen molar-refractivity contribution in [2.45, 2.75) is 31.8 Å². The van der Waals surface area contributed by atoms with Gasteiger partial charge in [0.1, 0.15) is 5.76 Å². The molecular formula is C20H19ClO3. The molecule has 0 amide bonds. The maximum atomic E-state index is 12.5. The van der Waals surface area contributed by atoms with Gasteiger partial charge in [0.2, 0.25) is 0 Å². The molecule has 1 aliphatic rings. The van der Waals surface area contributed by atoms with Gasteiger partial charge in [-0.2, -0.15) is 0 Å². The number of esters is 1. The molecule has 0 spiro atoms. The smallest absolute Gasteiger partial charge is 0.339 e. The van der Waals surface area contributed by atoms with E-state index in [9.17, 15) is 9.90 Å². The van der Waals surface area contributed by atoms with Crippen LogP contribution in [0.15, 0.2) is 65.9 Å². The molecule has 124 valence electrons. The molecule has 0 saturated carbocycles. The van der Waals surface area contributed by atoms with E-state index in [1.807, 2.05) is 42.5 Å². The highest BCUT2D eigenvalue weighted by Gasteiger charge is 2.39. The van der Waals surface area contributed by atoms with Crippen molar-refractivity contribution in [3.05, 3.63) is 82.1 Å². The van der Waals surface area contributed by atoms with Crippen LogP contribution < -0.4 is 0 Å². The highest BCUT2D eigenvalue weighted by molar-refractivity contribution is 6.30. The molecule has 2 unspecified atom stereocenters. The number of benzene rings is 2. The maximum absolute atomic E-state index is 12.5. The fourth-order valence-corrected chi connectivity index (χ4v) is 3.23. The first-order chi connectivity index (χ1) is 11.6. The number of rotatable bonds is 5. The van der Waals surface area contributed by atoms with Crippen LogP contribution in [0.25, 0.3) is 0 Å². The van der Waals surface area contributed by atoms with E-state index >= 15 is 0 Å². The predicted molar refractivity (Wildman–Crippen MR) is 94.0 cm³/mol. The average Bonchev–Trinajstić information content (AvgIpc) is 2.89. The minimum atomic E-state index is -0.722. The van der Waals surface area contributed by atoms with E-state index in [0.717, 1.165) is 24.0 Å². The second kappa shape index (κ2) is 7.10. The van der Waals surface area contributed by atoms with Crippen LogP contribution in [0.2, 0.25) is 5.02 Å². The van der Waals surface area contributed by atoms with Gasteiger partial charge in [-0.15, -0.1) is 0 Å². The number of hydrogen-bond donors (Lipinski definition) is 1. The van der Waals surface area contributed by atoms with Crippen molar-refractivity contribution >= 4 is 17.6 Å². The Kier molecular flexibility index (Phi) is 4.91. The average molecular weight is 343 g/mol. The SMILES string of the molecule is CCCC(C1=C(O)C(c2ccccc2)OC1=O)c1ccc(Cl)cc1. The van der Waals surface area contributed by atoms with Gasteiger partial charge in [-0.25, -0.2) is 4.79 Å². The Bertz CT molecular complexity index is 750. The monoisotopic (exact) mass is 342 g/mol. The van der Waals surface area contributed by atoms with E-state index in [1.54, 1.807) is 12.1 Å². The summed E-state index contributed by atoms with van der Waals surface area (Å²) in [5, 5.41) is 11.3. The molecule has 4 heteroatoms. The zero-order chi connectivity index (χ0) is 17.1. The number of aliphatic hydroxyl groups is 1. The molecular weight excluding hydrogens is 324 g/mol. The van der Waals surface area contributed by atoms with E-state index < -0.39 is 12.1 Å². The fourth-order valence-electron chi connectivity index (χ4n) is 3.11. The van der Waals surface area contributed by atoms with Gasteiger partial charge in [0.25, 0.3) is 0 Å². The van der Waals surface area contributed by atoms with Crippen molar-refractivity contribution in [3.8, 4) is 0 Å². The number of aliphatic hydroxyl groups excluding tert-OH is 1. The Balaban J connectivity index is 2.01. The summed E-state index contributed by atoms with van der Waals surface area (Å²) in [4.78, 5) is 12.5. The highest BCUT2D eigenvalue weighted by atomic mass is 35.5. The summed E-state index contributed by atoms with van der Waals surface area (Å²) in [5.74, 6) is -0.636. The number of cyclic esters (lactones) is 1. The van der Waals surface area contributed by atoms with Crippen LogP contribution in [-0.4, -0.2) is 11.1 Å². The van der Waals surface area contributed by atoms with E-state index in [1.165, 1.54) is 0 Å². The lowest BCUT2D eigenvalue weighted by molar-refractivity contribution is -0.140. The summed E-state index contributed by atoms with van der Waals surface area (Å²) >= 11 is 5.96. The Morgan fingerprint density at radius 1 is 1.12 bits per heavy atom. The first-order valence-corrected chi connectivity index (χ1v) is 8.44. The van der Waals surface area contributed by atoms with Gasteiger partial charge in [-0.05, 0) is 24.1 Å². The third-order valence-electron chi connectivity index (χ3n) is 4.27. The molecule has 1 heterocycles. The summed E-state index contributed by atoms with van der Waals surface area (Å²) in [7, 11) is 0. The minimum Gasteiger partial charge on any atom is -0.507 e. The molecule has 0 aromatic heterocycles. The zero-order valence-corrected chi connectivity index (χ0v) is 14.2. The van der Waals surface area contributed by atoms with Gasteiger partial charge < -0.3 is 9.84 Å². The number of ether oxygens (including phenoxy) is 1. The number of hydrogen-bond acceptors (Lipinski definition) is 3. The number of carbonyl (C=O) groups is 1. The molecule has 3 nitrogen and oxygen atoms in total. The summed E-state index contributed by atoms with van der Waals surface area (Å²) < 4.78 is 5.46. The van der Waals surface area contributed by atoms with Crippen molar-refractivity contribution in [2.75, 3.05) is 0 Å². The van der Waals surface area contributed by atoms with Gasteiger partial charge >= 0.3 is 5.97 Å². The van der Waals surface area contributed by atoms with Crippen molar-refractivity contribution < 1.29 is 14.6 Å². The molecule has 1 aliphatic heterocycles. The second-order valence-corrected chi connectivity index (χ2v) is 6.32. The van der Waals surface area contributed by atoms with E-state index in [4.69, 9.17) is 16.3 Å². The lowest BCUT2D eigenvalue weighted by Crippen LogP contribution is -2.10. The zero-order valence-electron chi connectivity index (χ0n) is 13.4. The van der Waals surface area contributed by atoms with Crippen molar-refractivity contribution in [1.82, 2.24) is 0 Å². The van der Waals surface area contributed by atoms with E-state index in [2.05, 4.69) is 6.92 Å². The first kappa shape index (κ1) is 16.6. The molecule has 0 radical (unpaired) electrons. The summed E-state index contributed by atoms with van der Waals surface area (Å²) in [5.41, 5.74) is 2.08. The summed E-state index contributed by atoms with van der Waals surface area (Å²) in [6, 6.07) is 16.7. The minimum absolute atomic E-state index is 0.0135. The van der Waals surface area contributed by atoms with Gasteiger partial charge in [-0.3, -0.25) is 0 Å². The van der Waals surface area contributed by atoms with Gasteiger partial charge in [0.05, 0.1) is 5.57 Å². The molecule has 0 fully saturated rings. The molecule has 0 saturated heterocycles. The predicted octanol–water partition coefficient (Wildman–Crippen LogP) is 5.33. The third kappa shape index (κ3) is 3.17. The van der Waals surface area contributed by atoms with E-state index in [0.29, 0.717) is 10.6 Å². The lowest BCUT2D eigenvalue weighted by Gasteiger charge is -2.16. The number of halogens is 1. The van der Waals surface area contributed by atoms with Crippen molar-refractivity contribution in [2.24, 2.45) is 0 Å². The van der Waals surface area contributed by atoms with Crippen LogP contribution in [0.5, 0.6) is 0 Å². The van der Waals surface area contributed by atoms with Crippen LogP contribution in [0.4, 0.5) is 0 Å². The molecule has 24 heavy (non-hydrogen) atoms. The van der Waals surface area contributed by atoms with Crippen molar-refractivity contribution in [3.63, 3.8) is 0 Å². The Morgan fingerprint density at radius 3 is 2.42 bits per heavy atom. The lowest BCUT2D eigenvalue weighted by atomic mass is 9.86. The van der Waals surface area contributed by atoms with Crippen LogP contribution in [-0.2, 0) is 9.53 Å². The maximum Gasteiger partial charge on any atom is 0.339 e. The summed E-state index contributed by atoms with van der Waals surface area (Å²) in [6.07, 6.45) is 0.908. The van der Waals surface area contributed by atoms with Crippen LogP contribution in [0.1, 0.15) is 42.9 Å². The molecule has 2 atom stereocenters. The van der Waals surface area contributed by atoms with E-state index in [-0.39, 0.29) is 11.7 Å². The molecule has 0 aliphatic carbocycles. The summed E-state index contributed by atoms with van der Waals surface area (Å²) in [6.45, 7) is 2.05. The third-order valence-corrected chi connectivity index (χ3v) is 4.52. The first-order valence-electron chi connectivity index (χ1n) is 8.06. The number of carbonyl (C=O) groups excluding carboxylic acids is 1. The molecule has 2 aromatic carbocycles. The normalized spacial score (nSPS) is 18.6. The second-order valence-electron chi connectivity index (χ2n) is 5.89. The Labute approximate surface area is 146 Å². The molecule has 3 rings (SSSR count). The van der Waals surface area contributed by atoms with Crippen molar-refractivity contribution in [1.29, 1.82) is 0 Å². The largest absolute Gasteiger partial charge is 0.507 e.